The van der Waals surface area contributed by atoms with E-state index in [-0.39, 0.29) is 17.7 Å². The van der Waals surface area contributed by atoms with Crippen LogP contribution in [-0.2, 0) is 6.42 Å². The minimum atomic E-state index is -0.0625. The molecule has 4 rings (SSSR count). The Labute approximate surface area is 139 Å². The van der Waals surface area contributed by atoms with E-state index in [1.165, 1.54) is 0 Å². The molecule has 0 radical (unpaired) electrons. The Kier molecular flexibility index (Phi) is 3.41. The molecule has 1 atom stereocenters. The van der Waals surface area contributed by atoms with Gasteiger partial charge >= 0.3 is 0 Å². The highest BCUT2D eigenvalue weighted by Crippen LogP contribution is 2.27. The number of nitrogens with zero attached hydrogens (tertiary/aromatic N) is 2. The third-order valence-electron chi connectivity index (χ3n) is 4.48. The molecule has 120 valence electrons. The maximum atomic E-state index is 12.6. The highest BCUT2D eigenvalue weighted by molar-refractivity contribution is 6.03. The normalized spacial score (nSPS) is 16.7. The van der Waals surface area contributed by atoms with Crippen LogP contribution in [0.25, 0.3) is 10.9 Å². The van der Waals surface area contributed by atoms with Gasteiger partial charge in [-0.15, -0.1) is 0 Å². The third kappa shape index (κ3) is 2.38. The van der Waals surface area contributed by atoms with Gasteiger partial charge < -0.3 is 9.88 Å². The molecule has 5 nitrogen and oxygen atoms in total. The first-order chi connectivity index (χ1) is 11.6. The van der Waals surface area contributed by atoms with Crippen LogP contribution in [0.2, 0.25) is 0 Å². The molecular weight excluding hydrogens is 302 g/mol. The minimum absolute atomic E-state index is 0.0494. The number of hydrogen-bond donors (Lipinski definition) is 1. The molecule has 5 heteroatoms. The van der Waals surface area contributed by atoms with Crippen molar-refractivity contribution < 1.29 is 9.59 Å². The van der Waals surface area contributed by atoms with Crippen molar-refractivity contribution in [2.45, 2.75) is 19.4 Å². The molecule has 0 saturated carbocycles. The number of fused-ring (bicyclic) bond motifs is 3. The highest BCUT2D eigenvalue weighted by atomic mass is 16.2. The van der Waals surface area contributed by atoms with E-state index in [4.69, 9.17) is 0 Å². The average molecular weight is 319 g/mol. The number of nitrogens with one attached hydrogen (secondary N) is 1. The molecule has 1 N–H and O–H groups in total. The van der Waals surface area contributed by atoms with Crippen LogP contribution in [0.4, 0.5) is 0 Å². The van der Waals surface area contributed by atoms with Crippen molar-refractivity contribution in [1.29, 1.82) is 0 Å². The van der Waals surface area contributed by atoms with Crippen molar-refractivity contribution in [1.82, 2.24) is 14.9 Å². The predicted octanol–water partition coefficient (Wildman–Crippen LogP) is 2.77. The van der Waals surface area contributed by atoms with Gasteiger partial charge in [-0.1, -0.05) is 18.2 Å². The molecule has 0 spiro atoms. The van der Waals surface area contributed by atoms with E-state index in [9.17, 15) is 9.59 Å². The first-order valence-corrected chi connectivity index (χ1v) is 7.99. The highest BCUT2D eigenvalue weighted by Gasteiger charge is 2.24. The fourth-order valence-corrected chi connectivity index (χ4v) is 3.26. The molecule has 0 bridgehead atoms. The Morgan fingerprint density at radius 2 is 2.21 bits per heavy atom. The van der Waals surface area contributed by atoms with Crippen molar-refractivity contribution in [2.75, 3.05) is 6.54 Å². The van der Waals surface area contributed by atoms with Crippen LogP contribution in [0.1, 0.15) is 39.4 Å². The SMILES string of the molecule is C[C@H]1CNC(=O)c2cc3ccc(C(=O)Cc4cccnc4)cc3n21. The summed E-state index contributed by atoms with van der Waals surface area (Å²) in [5.41, 5.74) is 3.14. The maximum absolute atomic E-state index is 12.6. The van der Waals surface area contributed by atoms with Gasteiger partial charge in [-0.05, 0) is 30.7 Å². The Morgan fingerprint density at radius 3 is 3.00 bits per heavy atom. The fourth-order valence-electron chi connectivity index (χ4n) is 3.26. The van der Waals surface area contributed by atoms with Gasteiger partial charge in [-0.25, -0.2) is 0 Å². The second-order valence-electron chi connectivity index (χ2n) is 6.19. The van der Waals surface area contributed by atoms with Crippen molar-refractivity contribution >= 4 is 22.6 Å². The zero-order valence-corrected chi connectivity index (χ0v) is 13.3. The lowest BCUT2D eigenvalue weighted by Crippen LogP contribution is -2.37. The summed E-state index contributed by atoms with van der Waals surface area (Å²) in [5.74, 6) is -0.0131. The number of rotatable bonds is 3. The van der Waals surface area contributed by atoms with Crippen LogP contribution in [0.15, 0.2) is 48.8 Å². The maximum Gasteiger partial charge on any atom is 0.268 e. The zero-order chi connectivity index (χ0) is 16.7. The summed E-state index contributed by atoms with van der Waals surface area (Å²) in [4.78, 5) is 28.7. The van der Waals surface area contributed by atoms with Gasteiger partial charge in [0, 0.05) is 47.9 Å². The topological polar surface area (TPSA) is 64.0 Å². The lowest BCUT2D eigenvalue weighted by Gasteiger charge is -2.24. The van der Waals surface area contributed by atoms with Gasteiger partial charge in [-0.2, -0.15) is 0 Å². The Morgan fingerprint density at radius 1 is 1.33 bits per heavy atom. The summed E-state index contributed by atoms with van der Waals surface area (Å²) in [6.45, 7) is 2.66. The summed E-state index contributed by atoms with van der Waals surface area (Å²) < 4.78 is 2.02. The largest absolute Gasteiger partial charge is 0.349 e. The fraction of sp³-hybridized carbons (Fsp3) is 0.211. The number of aromatic nitrogens is 2. The molecule has 0 aliphatic carbocycles. The molecule has 1 aromatic carbocycles. The Hall–Kier alpha value is -2.95. The van der Waals surface area contributed by atoms with Gasteiger partial charge in [0.1, 0.15) is 5.69 Å². The second kappa shape index (κ2) is 5.60. The molecule has 1 aliphatic heterocycles. The lowest BCUT2D eigenvalue weighted by molar-refractivity contribution is 0.0918. The van der Waals surface area contributed by atoms with E-state index in [2.05, 4.69) is 17.2 Å². The van der Waals surface area contributed by atoms with Crippen LogP contribution in [0, 0.1) is 0 Å². The minimum Gasteiger partial charge on any atom is -0.349 e. The molecule has 1 aliphatic rings. The number of Topliss-reactive ketones (excluding diaryl/α,β-unsaturated/α-hetero) is 1. The predicted molar refractivity (Wildman–Crippen MR) is 91.3 cm³/mol. The summed E-state index contributed by atoms with van der Waals surface area (Å²) >= 11 is 0. The van der Waals surface area contributed by atoms with Crippen molar-refractivity contribution in [3.8, 4) is 0 Å². The van der Waals surface area contributed by atoms with Crippen LogP contribution in [0.3, 0.4) is 0 Å². The van der Waals surface area contributed by atoms with E-state index in [0.717, 1.165) is 16.5 Å². The zero-order valence-electron chi connectivity index (χ0n) is 13.3. The van der Waals surface area contributed by atoms with Crippen LogP contribution < -0.4 is 5.32 Å². The number of hydrogen-bond acceptors (Lipinski definition) is 3. The standard InChI is InChI=1S/C19H17N3O2/c1-12-10-21-19(24)17-8-14-4-5-15(9-16(14)22(12)17)18(23)7-13-3-2-6-20-11-13/h2-6,8-9,11-12H,7,10H2,1H3,(H,21,24)/t12-/m0/s1. The number of benzene rings is 1. The van der Waals surface area contributed by atoms with Crippen molar-refractivity contribution in [3.63, 3.8) is 0 Å². The van der Waals surface area contributed by atoms with Crippen molar-refractivity contribution in [2.24, 2.45) is 0 Å². The van der Waals surface area contributed by atoms with E-state index < -0.39 is 0 Å². The summed E-state index contributed by atoms with van der Waals surface area (Å²) in [6.07, 6.45) is 3.73. The first kappa shape index (κ1) is 14.6. The molecular formula is C19H17N3O2. The van der Waals surface area contributed by atoms with Gasteiger partial charge in [0.25, 0.3) is 5.91 Å². The summed E-state index contributed by atoms with van der Waals surface area (Å²) in [6, 6.07) is 11.4. The molecule has 0 unspecified atom stereocenters. The number of carbonyl (C=O) groups is 2. The van der Waals surface area contributed by atoms with E-state index in [1.807, 2.05) is 41.0 Å². The summed E-state index contributed by atoms with van der Waals surface area (Å²) in [5, 5.41) is 3.86. The molecule has 3 heterocycles. The Balaban J connectivity index is 1.74. The van der Waals surface area contributed by atoms with Crippen molar-refractivity contribution in [3.05, 3.63) is 65.6 Å². The Bertz CT molecular complexity index is 944. The van der Waals surface area contributed by atoms with Gasteiger partial charge in [0.15, 0.2) is 5.78 Å². The second-order valence-corrected chi connectivity index (χ2v) is 6.19. The lowest BCUT2D eigenvalue weighted by atomic mass is 10.0. The third-order valence-corrected chi connectivity index (χ3v) is 4.48. The van der Waals surface area contributed by atoms with Crippen LogP contribution in [-0.4, -0.2) is 27.8 Å². The van der Waals surface area contributed by atoms with Crippen LogP contribution >= 0.6 is 0 Å². The quantitative estimate of drug-likeness (QED) is 0.755. The van der Waals surface area contributed by atoms with E-state index in [0.29, 0.717) is 24.2 Å². The van der Waals surface area contributed by atoms with Gasteiger partial charge in [0.05, 0.1) is 0 Å². The average Bonchev–Trinajstić information content (AvgIpc) is 2.99. The molecule has 0 saturated heterocycles. The molecule has 24 heavy (non-hydrogen) atoms. The van der Waals surface area contributed by atoms with Gasteiger partial charge in [0.2, 0.25) is 0 Å². The number of carbonyl (C=O) groups excluding carboxylic acids is 2. The smallest absolute Gasteiger partial charge is 0.268 e. The van der Waals surface area contributed by atoms with E-state index in [1.54, 1.807) is 12.4 Å². The molecule has 0 fully saturated rings. The number of amides is 1. The molecule has 2 aromatic heterocycles. The number of ketones is 1. The first-order valence-electron chi connectivity index (χ1n) is 7.99. The number of pyridine rings is 1. The molecule has 3 aromatic rings. The van der Waals surface area contributed by atoms with Gasteiger partial charge in [-0.3, -0.25) is 14.6 Å². The monoisotopic (exact) mass is 319 g/mol. The summed E-state index contributed by atoms with van der Waals surface area (Å²) in [7, 11) is 0. The van der Waals surface area contributed by atoms with Crippen LogP contribution in [0.5, 0.6) is 0 Å². The van der Waals surface area contributed by atoms with E-state index >= 15 is 0 Å². The molecule has 1 amide bonds.